The van der Waals surface area contributed by atoms with Crippen molar-refractivity contribution in [2.75, 3.05) is 12.8 Å². The molecule has 1 aliphatic carbocycles. The van der Waals surface area contributed by atoms with Gasteiger partial charge in [-0.1, -0.05) is 25.7 Å². The molecular formula is C16H26N2O2S. The van der Waals surface area contributed by atoms with Crippen molar-refractivity contribution in [3.05, 3.63) is 23.3 Å². The number of anilines is 1. The van der Waals surface area contributed by atoms with E-state index in [0.717, 1.165) is 36.8 Å². The lowest BCUT2D eigenvalue weighted by molar-refractivity contribution is 0.335. The number of rotatable bonds is 3. The van der Waals surface area contributed by atoms with Gasteiger partial charge in [-0.2, -0.15) is 4.31 Å². The van der Waals surface area contributed by atoms with E-state index in [1.807, 2.05) is 13.8 Å². The van der Waals surface area contributed by atoms with Crippen molar-refractivity contribution in [1.82, 2.24) is 4.31 Å². The first-order valence-corrected chi connectivity index (χ1v) is 9.13. The van der Waals surface area contributed by atoms with E-state index < -0.39 is 10.0 Å². The summed E-state index contributed by atoms with van der Waals surface area (Å²) in [7, 11) is -1.73. The Morgan fingerprint density at radius 1 is 1.05 bits per heavy atom. The normalized spacial score (nSPS) is 17.9. The summed E-state index contributed by atoms with van der Waals surface area (Å²) in [5, 5.41) is 0. The third kappa shape index (κ3) is 3.40. The number of nitrogens with zero attached hydrogens (tertiary/aromatic N) is 1. The first kappa shape index (κ1) is 16.3. The van der Waals surface area contributed by atoms with E-state index in [9.17, 15) is 8.42 Å². The molecule has 4 nitrogen and oxygen atoms in total. The summed E-state index contributed by atoms with van der Waals surface area (Å²) in [6, 6.07) is 3.59. The second kappa shape index (κ2) is 6.36. The van der Waals surface area contributed by atoms with Crippen molar-refractivity contribution < 1.29 is 8.42 Å². The molecule has 0 unspecified atom stereocenters. The predicted molar refractivity (Wildman–Crippen MR) is 86.8 cm³/mol. The van der Waals surface area contributed by atoms with E-state index in [0.29, 0.717) is 10.6 Å². The molecule has 0 spiro atoms. The van der Waals surface area contributed by atoms with E-state index in [1.165, 1.54) is 12.8 Å². The summed E-state index contributed by atoms with van der Waals surface area (Å²) in [5.74, 6) is 0. The summed E-state index contributed by atoms with van der Waals surface area (Å²) in [6.07, 6.45) is 6.58. The van der Waals surface area contributed by atoms with E-state index in [2.05, 4.69) is 0 Å². The average Bonchev–Trinajstić information content (AvgIpc) is 2.64. The number of hydrogen-bond donors (Lipinski definition) is 1. The number of benzene rings is 1. The molecule has 2 N–H and O–H groups in total. The zero-order valence-corrected chi connectivity index (χ0v) is 14.0. The van der Waals surface area contributed by atoms with Crippen LogP contribution in [0.5, 0.6) is 0 Å². The highest BCUT2D eigenvalue weighted by atomic mass is 32.2. The largest absolute Gasteiger partial charge is 0.399 e. The molecule has 1 fully saturated rings. The van der Waals surface area contributed by atoms with Gasteiger partial charge in [-0.05, 0) is 49.9 Å². The molecule has 0 radical (unpaired) electrons. The fraction of sp³-hybridized carbons (Fsp3) is 0.625. The minimum Gasteiger partial charge on any atom is -0.399 e. The number of hydrogen-bond acceptors (Lipinski definition) is 3. The molecule has 1 aliphatic rings. The number of nitrogen functional groups attached to an aromatic ring is 1. The van der Waals surface area contributed by atoms with Crippen molar-refractivity contribution >= 4 is 15.7 Å². The molecule has 0 atom stereocenters. The first-order chi connectivity index (χ1) is 9.84. The van der Waals surface area contributed by atoms with E-state index in [4.69, 9.17) is 5.73 Å². The Kier molecular flexibility index (Phi) is 4.94. The van der Waals surface area contributed by atoms with Crippen molar-refractivity contribution in [3.63, 3.8) is 0 Å². The molecule has 1 aromatic carbocycles. The molecule has 0 aliphatic heterocycles. The maximum absolute atomic E-state index is 13.0. The molecule has 2 rings (SSSR count). The van der Waals surface area contributed by atoms with Crippen LogP contribution in [0.4, 0.5) is 5.69 Å². The molecular weight excluding hydrogens is 284 g/mol. The average molecular weight is 310 g/mol. The Morgan fingerprint density at radius 3 is 2.00 bits per heavy atom. The van der Waals surface area contributed by atoms with Crippen LogP contribution in [-0.2, 0) is 10.0 Å². The van der Waals surface area contributed by atoms with Gasteiger partial charge in [0.2, 0.25) is 10.0 Å². The van der Waals surface area contributed by atoms with E-state index in [-0.39, 0.29) is 6.04 Å². The maximum Gasteiger partial charge on any atom is 0.243 e. The van der Waals surface area contributed by atoms with Gasteiger partial charge in [-0.3, -0.25) is 0 Å². The minimum atomic E-state index is -3.46. The Labute approximate surface area is 128 Å². The molecule has 0 saturated heterocycles. The molecule has 118 valence electrons. The van der Waals surface area contributed by atoms with Gasteiger partial charge in [0.1, 0.15) is 0 Å². The van der Waals surface area contributed by atoms with Gasteiger partial charge in [-0.25, -0.2) is 8.42 Å². The van der Waals surface area contributed by atoms with Crippen LogP contribution >= 0.6 is 0 Å². The van der Waals surface area contributed by atoms with Crippen molar-refractivity contribution in [3.8, 4) is 0 Å². The second-order valence-electron chi connectivity index (χ2n) is 6.15. The van der Waals surface area contributed by atoms with Crippen LogP contribution in [0.25, 0.3) is 0 Å². The predicted octanol–water partition coefficient (Wildman–Crippen LogP) is 3.23. The molecule has 0 bridgehead atoms. The molecule has 1 aromatic rings. The zero-order chi connectivity index (χ0) is 15.6. The van der Waals surface area contributed by atoms with Crippen LogP contribution in [0.15, 0.2) is 17.0 Å². The molecule has 1 saturated carbocycles. The highest BCUT2D eigenvalue weighted by molar-refractivity contribution is 7.89. The molecule has 5 heteroatoms. The van der Waals surface area contributed by atoms with Crippen molar-refractivity contribution in [1.29, 1.82) is 0 Å². The Bertz CT molecular complexity index is 580. The van der Waals surface area contributed by atoms with Gasteiger partial charge in [0.05, 0.1) is 4.90 Å². The monoisotopic (exact) mass is 310 g/mol. The Hall–Kier alpha value is -1.07. The van der Waals surface area contributed by atoms with Crippen molar-refractivity contribution in [2.45, 2.75) is 63.3 Å². The van der Waals surface area contributed by atoms with Gasteiger partial charge in [0, 0.05) is 18.8 Å². The minimum absolute atomic E-state index is 0.119. The molecule has 21 heavy (non-hydrogen) atoms. The fourth-order valence-electron chi connectivity index (χ4n) is 3.35. The van der Waals surface area contributed by atoms with Crippen LogP contribution in [-0.4, -0.2) is 25.8 Å². The fourth-order valence-corrected chi connectivity index (χ4v) is 5.18. The lowest BCUT2D eigenvalue weighted by atomic mass is 10.1. The third-order valence-electron chi connectivity index (χ3n) is 4.46. The standard InChI is InChI=1S/C16H26N2O2S/c1-12-10-14(17)11-13(2)16(12)21(19,20)18(3)15-8-6-4-5-7-9-15/h10-11,15H,4-9,17H2,1-3H3. The van der Waals surface area contributed by atoms with Crippen LogP contribution < -0.4 is 5.73 Å². The van der Waals surface area contributed by atoms with E-state index >= 15 is 0 Å². The van der Waals surface area contributed by atoms with Gasteiger partial charge in [0.25, 0.3) is 0 Å². The smallest absolute Gasteiger partial charge is 0.243 e. The summed E-state index contributed by atoms with van der Waals surface area (Å²) >= 11 is 0. The van der Waals surface area contributed by atoms with E-state index in [1.54, 1.807) is 23.5 Å². The van der Waals surface area contributed by atoms with Gasteiger partial charge < -0.3 is 5.73 Å². The highest BCUT2D eigenvalue weighted by Crippen LogP contribution is 2.30. The number of sulfonamides is 1. The van der Waals surface area contributed by atoms with Gasteiger partial charge >= 0.3 is 0 Å². The Balaban J connectivity index is 2.37. The topological polar surface area (TPSA) is 63.4 Å². The van der Waals surface area contributed by atoms with Crippen LogP contribution in [0.1, 0.15) is 49.7 Å². The molecule has 0 amide bonds. The van der Waals surface area contributed by atoms with Crippen molar-refractivity contribution in [2.24, 2.45) is 0 Å². The number of aryl methyl sites for hydroxylation is 2. The zero-order valence-electron chi connectivity index (χ0n) is 13.2. The summed E-state index contributed by atoms with van der Waals surface area (Å²) in [6.45, 7) is 3.63. The van der Waals surface area contributed by atoms with Gasteiger partial charge in [0.15, 0.2) is 0 Å². The summed E-state index contributed by atoms with van der Waals surface area (Å²) < 4.78 is 27.6. The lowest BCUT2D eigenvalue weighted by Crippen LogP contribution is -2.37. The highest BCUT2D eigenvalue weighted by Gasteiger charge is 2.30. The second-order valence-corrected chi connectivity index (χ2v) is 8.08. The Morgan fingerprint density at radius 2 is 1.52 bits per heavy atom. The number of nitrogens with two attached hydrogens (primary N) is 1. The lowest BCUT2D eigenvalue weighted by Gasteiger charge is -2.28. The molecule has 0 heterocycles. The first-order valence-electron chi connectivity index (χ1n) is 7.69. The molecule has 0 aromatic heterocycles. The van der Waals surface area contributed by atoms with Crippen LogP contribution in [0.2, 0.25) is 0 Å². The SMILES string of the molecule is Cc1cc(N)cc(C)c1S(=O)(=O)N(C)C1CCCCCC1. The quantitative estimate of drug-likeness (QED) is 0.688. The van der Waals surface area contributed by atoms with Crippen LogP contribution in [0.3, 0.4) is 0 Å². The third-order valence-corrected chi connectivity index (χ3v) is 6.67. The van der Waals surface area contributed by atoms with Gasteiger partial charge in [-0.15, -0.1) is 0 Å². The maximum atomic E-state index is 13.0. The summed E-state index contributed by atoms with van der Waals surface area (Å²) in [4.78, 5) is 0.420. The summed E-state index contributed by atoms with van der Waals surface area (Å²) in [5.41, 5.74) is 7.87. The van der Waals surface area contributed by atoms with Crippen LogP contribution in [0, 0.1) is 13.8 Å².